The number of aryl methyl sites for hydroxylation is 1. The van der Waals surface area contributed by atoms with Crippen LogP contribution >= 0.6 is 0 Å². The molecule has 1 aromatic carbocycles. The van der Waals surface area contributed by atoms with Gasteiger partial charge in [-0.15, -0.1) is 0 Å². The summed E-state index contributed by atoms with van der Waals surface area (Å²) < 4.78 is 20.2. The molecular weight excluding hydrogens is 323 g/mol. The number of aromatic nitrogens is 3. The van der Waals surface area contributed by atoms with Crippen molar-refractivity contribution >= 4 is 5.91 Å². The standard InChI is InChI=1S/C18H17FN4O2/c1-23-16(7-8-22-23)15-5-3-12(10-20-15)11-21-18(24)13-4-6-17(25-2)14(19)9-13/h3-10H,11H2,1-2H3,(H,21,24). The van der Waals surface area contributed by atoms with E-state index in [0.717, 1.165) is 23.0 Å². The van der Waals surface area contributed by atoms with E-state index in [-0.39, 0.29) is 17.2 Å². The van der Waals surface area contributed by atoms with Crippen molar-refractivity contribution < 1.29 is 13.9 Å². The average Bonchev–Trinajstić information content (AvgIpc) is 3.06. The highest BCUT2D eigenvalue weighted by atomic mass is 19.1. The van der Waals surface area contributed by atoms with Crippen molar-refractivity contribution in [2.75, 3.05) is 7.11 Å². The molecule has 25 heavy (non-hydrogen) atoms. The Balaban J connectivity index is 1.64. The predicted octanol–water partition coefficient (Wildman–Crippen LogP) is 2.56. The largest absolute Gasteiger partial charge is 0.494 e. The van der Waals surface area contributed by atoms with Crippen LogP contribution in [0.4, 0.5) is 4.39 Å². The molecule has 0 spiro atoms. The molecule has 0 bridgehead atoms. The highest BCUT2D eigenvalue weighted by Gasteiger charge is 2.10. The zero-order valence-electron chi connectivity index (χ0n) is 13.9. The van der Waals surface area contributed by atoms with Crippen LogP contribution in [0.2, 0.25) is 0 Å². The number of carbonyl (C=O) groups is 1. The number of methoxy groups -OCH3 is 1. The molecule has 2 aromatic heterocycles. The smallest absolute Gasteiger partial charge is 0.251 e. The van der Waals surface area contributed by atoms with E-state index >= 15 is 0 Å². The normalized spacial score (nSPS) is 10.5. The number of nitrogens with zero attached hydrogens (tertiary/aromatic N) is 3. The van der Waals surface area contributed by atoms with E-state index in [0.29, 0.717) is 6.54 Å². The summed E-state index contributed by atoms with van der Waals surface area (Å²) in [4.78, 5) is 16.5. The van der Waals surface area contributed by atoms with Crippen molar-refractivity contribution in [3.8, 4) is 17.1 Å². The number of halogens is 1. The highest BCUT2D eigenvalue weighted by molar-refractivity contribution is 5.94. The van der Waals surface area contributed by atoms with Crippen LogP contribution < -0.4 is 10.1 Å². The van der Waals surface area contributed by atoms with Crippen molar-refractivity contribution in [1.82, 2.24) is 20.1 Å². The number of hydrogen-bond acceptors (Lipinski definition) is 4. The maximum atomic E-state index is 13.7. The minimum absolute atomic E-state index is 0.103. The van der Waals surface area contributed by atoms with Gasteiger partial charge in [-0.1, -0.05) is 6.07 Å². The van der Waals surface area contributed by atoms with E-state index in [9.17, 15) is 9.18 Å². The Morgan fingerprint density at radius 1 is 1.28 bits per heavy atom. The van der Waals surface area contributed by atoms with Crippen LogP contribution in [0, 0.1) is 5.82 Å². The second kappa shape index (κ2) is 7.12. The van der Waals surface area contributed by atoms with Gasteiger partial charge in [0.1, 0.15) is 0 Å². The minimum Gasteiger partial charge on any atom is -0.494 e. The van der Waals surface area contributed by atoms with Gasteiger partial charge in [-0.25, -0.2) is 4.39 Å². The number of amides is 1. The summed E-state index contributed by atoms with van der Waals surface area (Å²) in [5.41, 5.74) is 2.78. The summed E-state index contributed by atoms with van der Waals surface area (Å²) in [7, 11) is 3.22. The van der Waals surface area contributed by atoms with Gasteiger partial charge in [0, 0.05) is 31.5 Å². The Morgan fingerprint density at radius 2 is 2.12 bits per heavy atom. The zero-order chi connectivity index (χ0) is 17.8. The first-order valence-corrected chi connectivity index (χ1v) is 7.63. The number of nitrogens with one attached hydrogen (secondary N) is 1. The fraction of sp³-hybridized carbons (Fsp3) is 0.167. The van der Waals surface area contributed by atoms with Crippen molar-refractivity contribution in [2.24, 2.45) is 7.05 Å². The van der Waals surface area contributed by atoms with Crippen LogP contribution in [-0.4, -0.2) is 27.8 Å². The fourth-order valence-corrected chi connectivity index (χ4v) is 2.40. The summed E-state index contributed by atoms with van der Waals surface area (Å²) in [5, 5.41) is 6.85. The van der Waals surface area contributed by atoms with E-state index in [1.54, 1.807) is 17.1 Å². The Kier molecular flexibility index (Phi) is 4.74. The van der Waals surface area contributed by atoms with Crippen LogP contribution in [0.25, 0.3) is 11.4 Å². The van der Waals surface area contributed by atoms with Gasteiger partial charge < -0.3 is 10.1 Å². The molecule has 3 aromatic rings. The van der Waals surface area contributed by atoms with E-state index < -0.39 is 5.82 Å². The number of ether oxygens (including phenoxy) is 1. The molecule has 0 radical (unpaired) electrons. The van der Waals surface area contributed by atoms with Gasteiger partial charge in [0.15, 0.2) is 11.6 Å². The van der Waals surface area contributed by atoms with Crippen molar-refractivity contribution in [2.45, 2.75) is 6.54 Å². The molecule has 128 valence electrons. The Morgan fingerprint density at radius 3 is 2.72 bits per heavy atom. The van der Waals surface area contributed by atoms with Crippen LogP contribution in [0.3, 0.4) is 0 Å². The molecule has 0 aliphatic rings. The van der Waals surface area contributed by atoms with Crippen LogP contribution in [-0.2, 0) is 13.6 Å². The van der Waals surface area contributed by atoms with Crippen molar-refractivity contribution in [1.29, 1.82) is 0 Å². The number of benzene rings is 1. The molecule has 0 saturated carbocycles. The van der Waals surface area contributed by atoms with Gasteiger partial charge in [-0.2, -0.15) is 5.10 Å². The molecule has 0 unspecified atom stereocenters. The molecule has 2 heterocycles. The monoisotopic (exact) mass is 340 g/mol. The maximum absolute atomic E-state index is 13.7. The van der Waals surface area contributed by atoms with Gasteiger partial charge in [-0.3, -0.25) is 14.5 Å². The van der Waals surface area contributed by atoms with Gasteiger partial charge in [0.05, 0.1) is 18.5 Å². The Hall–Kier alpha value is -3.22. The van der Waals surface area contributed by atoms with Crippen LogP contribution in [0.15, 0.2) is 48.8 Å². The molecular formula is C18H17FN4O2. The quantitative estimate of drug-likeness (QED) is 0.775. The van der Waals surface area contributed by atoms with E-state index in [1.807, 2.05) is 25.2 Å². The molecule has 1 N–H and O–H groups in total. The summed E-state index contributed by atoms with van der Waals surface area (Å²) in [6.07, 6.45) is 3.40. The van der Waals surface area contributed by atoms with Gasteiger partial charge in [0.25, 0.3) is 5.91 Å². The third kappa shape index (κ3) is 3.65. The Labute approximate surface area is 144 Å². The SMILES string of the molecule is COc1ccc(C(=O)NCc2ccc(-c3ccnn3C)nc2)cc1F. The van der Waals surface area contributed by atoms with Crippen LogP contribution in [0.5, 0.6) is 5.75 Å². The number of carbonyl (C=O) groups excluding carboxylic acids is 1. The number of pyridine rings is 1. The summed E-state index contributed by atoms with van der Waals surface area (Å²) in [5.74, 6) is -0.832. The lowest BCUT2D eigenvalue weighted by molar-refractivity contribution is 0.0950. The lowest BCUT2D eigenvalue weighted by Gasteiger charge is -2.08. The van der Waals surface area contributed by atoms with E-state index in [4.69, 9.17) is 4.74 Å². The predicted molar refractivity (Wildman–Crippen MR) is 90.6 cm³/mol. The molecule has 7 heteroatoms. The average molecular weight is 340 g/mol. The second-order valence-corrected chi connectivity index (χ2v) is 5.42. The summed E-state index contributed by atoms with van der Waals surface area (Å²) in [6.45, 7) is 0.297. The first-order valence-electron chi connectivity index (χ1n) is 7.63. The number of hydrogen-bond donors (Lipinski definition) is 1. The molecule has 0 fully saturated rings. The molecule has 6 nitrogen and oxygen atoms in total. The van der Waals surface area contributed by atoms with E-state index in [2.05, 4.69) is 15.4 Å². The first-order chi connectivity index (χ1) is 12.1. The van der Waals surface area contributed by atoms with Crippen LogP contribution in [0.1, 0.15) is 15.9 Å². The highest BCUT2D eigenvalue weighted by Crippen LogP contribution is 2.18. The fourth-order valence-electron chi connectivity index (χ4n) is 2.40. The summed E-state index contributed by atoms with van der Waals surface area (Å²) >= 11 is 0. The maximum Gasteiger partial charge on any atom is 0.251 e. The third-order valence-electron chi connectivity index (χ3n) is 3.78. The molecule has 0 aliphatic carbocycles. The molecule has 1 amide bonds. The molecule has 0 saturated heterocycles. The van der Waals surface area contributed by atoms with Crippen molar-refractivity contribution in [3.63, 3.8) is 0 Å². The summed E-state index contributed by atoms with van der Waals surface area (Å²) in [6, 6.07) is 9.71. The van der Waals surface area contributed by atoms with E-state index in [1.165, 1.54) is 19.2 Å². The molecule has 0 atom stereocenters. The second-order valence-electron chi connectivity index (χ2n) is 5.42. The molecule has 3 rings (SSSR count). The molecule has 0 aliphatic heterocycles. The topological polar surface area (TPSA) is 69.0 Å². The lowest BCUT2D eigenvalue weighted by Crippen LogP contribution is -2.23. The number of rotatable bonds is 5. The van der Waals surface area contributed by atoms with Crippen molar-refractivity contribution in [3.05, 3.63) is 65.7 Å². The zero-order valence-corrected chi connectivity index (χ0v) is 13.9. The minimum atomic E-state index is -0.572. The van der Waals surface area contributed by atoms with Gasteiger partial charge in [-0.05, 0) is 35.9 Å². The third-order valence-corrected chi connectivity index (χ3v) is 3.78. The van der Waals surface area contributed by atoms with Gasteiger partial charge in [0.2, 0.25) is 0 Å². The Bertz CT molecular complexity index is 890. The lowest BCUT2D eigenvalue weighted by atomic mass is 10.2. The first kappa shape index (κ1) is 16.6. The van der Waals surface area contributed by atoms with Gasteiger partial charge >= 0.3 is 0 Å².